The molecule has 0 aromatic heterocycles. The highest BCUT2D eigenvalue weighted by Crippen LogP contribution is 2.35. The zero-order chi connectivity index (χ0) is 53.3. The first-order valence-electron chi connectivity index (χ1n) is 23.1. The third kappa shape index (κ3) is 254. The molecule has 0 aliphatic carbocycles. The molecule has 0 heterocycles. The van der Waals surface area contributed by atoms with E-state index in [1.807, 2.05) is 46.0 Å². The van der Waals surface area contributed by atoms with Crippen LogP contribution < -0.4 is 22.7 Å². The summed E-state index contributed by atoms with van der Waals surface area (Å²) in [6.45, 7) is 38.5. The number of aliphatic hydroxyl groups is 2. The Kier molecular flexibility index (Phi) is 128. The summed E-state index contributed by atoms with van der Waals surface area (Å²) in [7, 11) is -6.33. The molecule has 0 aromatic carbocycles. The molecule has 0 saturated carbocycles. The van der Waals surface area contributed by atoms with Crippen LogP contribution in [0, 0.1) is 0 Å². The summed E-state index contributed by atoms with van der Waals surface area (Å²) >= 11 is 3.46. The van der Waals surface area contributed by atoms with E-state index < -0.39 is 17.5 Å². The number of aliphatic hydroxyl groups excluding tert-OH is 2. The second kappa shape index (κ2) is 87.6. The molecule has 0 rings (SSSR count). The van der Waals surface area contributed by atoms with Crippen molar-refractivity contribution in [2.75, 3.05) is 25.1 Å². The van der Waals surface area contributed by atoms with Gasteiger partial charge in [0.15, 0.2) is 12.5 Å². The Morgan fingerprint density at radius 1 is 0.730 bits per heavy atom. The van der Waals surface area contributed by atoms with Crippen molar-refractivity contribution in [3.63, 3.8) is 0 Å². The maximum absolute atomic E-state index is 10.4. The van der Waals surface area contributed by atoms with Crippen molar-refractivity contribution in [3.8, 4) is 0 Å². The van der Waals surface area contributed by atoms with Crippen LogP contribution in [-0.2, 0) is 29.1 Å². The normalized spacial score (nSPS) is 10.1. The summed E-state index contributed by atoms with van der Waals surface area (Å²) in [5.41, 5.74) is 11.7. The first-order chi connectivity index (χ1) is 29.0. The van der Waals surface area contributed by atoms with Crippen LogP contribution in [0.2, 0.25) is 13.1 Å². The minimum atomic E-state index is -3.66. The van der Waals surface area contributed by atoms with E-state index in [0.717, 1.165) is 44.8 Å². The summed E-state index contributed by atoms with van der Waals surface area (Å²) in [6.07, 6.45) is 17.7. The Hall–Kier alpha value is -1.34. The van der Waals surface area contributed by atoms with E-state index in [1.165, 1.54) is 52.1 Å². The van der Waals surface area contributed by atoms with E-state index in [0.29, 0.717) is 32.0 Å². The molecule has 63 heavy (non-hydrogen) atoms. The van der Waals surface area contributed by atoms with Gasteiger partial charge < -0.3 is 31.6 Å². The Balaban J connectivity index is -0.0000000452. The Morgan fingerprint density at radius 3 is 1.02 bits per heavy atom. The molecule has 2 unspecified atom stereocenters. The highest BCUT2D eigenvalue weighted by Gasteiger charge is 2.04. The minimum absolute atomic E-state index is 0.0509. The number of carbonyl (C=O) groups is 3. The van der Waals surface area contributed by atoms with Crippen LogP contribution in [0.4, 0.5) is 0 Å². The smallest absolute Gasteiger partial charge is 0.285 e. The average Bonchev–Trinajstić information content (AvgIpc) is 3.26. The van der Waals surface area contributed by atoms with E-state index in [2.05, 4.69) is 86.2 Å². The molecule has 12 N–H and O–H groups in total. The molecular formula is C44H110BN4O11PS2. The number of thiol groups is 1. The lowest BCUT2D eigenvalue weighted by Crippen LogP contribution is -2.28. The SMILES string of the molecule is C=CCC.CCC(=O)NN.CCC(=O)S.CCC(N)=O.CCC(O)CC.CCC(O)CN.CCCB(C)O.CCCC.CCCC.CCCC.CCCP(C)(=O)O.CCS(=O)(=O)O. The van der Waals surface area contributed by atoms with Crippen molar-refractivity contribution >= 4 is 54.0 Å². The number of hydrogen-bond acceptors (Lipinski definition) is 11. The van der Waals surface area contributed by atoms with Crippen LogP contribution in [0.25, 0.3) is 0 Å². The van der Waals surface area contributed by atoms with Crippen molar-refractivity contribution in [1.29, 1.82) is 0 Å². The number of hydrogen-bond donors (Lipinski definition) is 10. The van der Waals surface area contributed by atoms with Gasteiger partial charge in [0.2, 0.25) is 11.8 Å². The zero-order valence-corrected chi connectivity index (χ0v) is 46.8. The number of carbonyl (C=O) groups excluding carboxylic acids is 3. The monoisotopic (exact) mass is 977 g/mol. The quantitative estimate of drug-likeness (QED) is 0.0101. The van der Waals surface area contributed by atoms with Crippen molar-refractivity contribution in [3.05, 3.63) is 12.7 Å². The molecule has 19 heteroatoms. The largest absolute Gasteiger partial charge is 0.451 e. The van der Waals surface area contributed by atoms with Crippen molar-refractivity contribution in [1.82, 2.24) is 5.43 Å². The van der Waals surface area contributed by atoms with Gasteiger partial charge in [0.25, 0.3) is 17.0 Å². The number of nitrogens with one attached hydrogen (secondary N) is 1. The van der Waals surface area contributed by atoms with Gasteiger partial charge in [-0.25, -0.2) is 5.84 Å². The van der Waals surface area contributed by atoms with E-state index in [4.69, 9.17) is 30.4 Å². The fourth-order valence-electron chi connectivity index (χ4n) is 1.39. The van der Waals surface area contributed by atoms with Gasteiger partial charge in [-0.1, -0.05) is 162 Å². The number of hydrazine groups is 1. The van der Waals surface area contributed by atoms with E-state index >= 15 is 0 Å². The van der Waals surface area contributed by atoms with Crippen LogP contribution in [0.15, 0.2) is 12.7 Å². The van der Waals surface area contributed by atoms with Gasteiger partial charge in [-0.05, 0) is 45.3 Å². The van der Waals surface area contributed by atoms with Crippen molar-refractivity contribution in [2.24, 2.45) is 17.3 Å². The highest BCUT2D eigenvalue weighted by molar-refractivity contribution is 7.96. The number of rotatable bonds is 16. The molecule has 0 saturated heterocycles. The molecule has 0 aliphatic rings. The molecule has 0 aromatic rings. The fourth-order valence-corrected chi connectivity index (χ4v) is 2.22. The molecule has 0 bridgehead atoms. The summed E-state index contributed by atoms with van der Waals surface area (Å²) in [4.78, 5) is 37.8. The predicted octanol–water partition coefficient (Wildman–Crippen LogP) is 10.2. The van der Waals surface area contributed by atoms with Crippen LogP contribution in [-0.4, -0.2) is 94.3 Å². The average molecular weight is 977 g/mol. The van der Waals surface area contributed by atoms with E-state index in [-0.39, 0.29) is 41.8 Å². The minimum Gasteiger partial charge on any atom is -0.451 e. The second-order valence-corrected chi connectivity index (χ2v) is 18.0. The predicted molar refractivity (Wildman–Crippen MR) is 282 cm³/mol. The molecule has 2 atom stereocenters. The lowest BCUT2D eigenvalue weighted by molar-refractivity contribution is -0.121. The summed E-state index contributed by atoms with van der Waals surface area (Å²) in [5.74, 6) is 4.11. The fraction of sp³-hybridized carbons (Fsp3) is 0.886. The van der Waals surface area contributed by atoms with Gasteiger partial charge in [0.05, 0.1) is 18.0 Å². The van der Waals surface area contributed by atoms with Crippen LogP contribution in [0.3, 0.4) is 0 Å². The zero-order valence-electron chi connectivity index (χ0n) is 44.2. The van der Waals surface area contributed by atoms with E-state index in [9.17, 15) is 27.4 Å². The number of unbranched alkanes of at least 4 members (excludes halogenated alkanes) is 3. The lowest BCUT2D eigenvalue weighted by Gasteiger charge is -1.98. The van der Waals surface area contributed by atoms with Gasteiger partial charge in [-0.3, -0.25) is 28.9 Å². The van der Waals surface area contributed by atoms with Gasteiger partial charge in [0, 0.05) is 38.6 Å². The molecule has 2 amide bonds. The summed E-state index contributed by atoms with van der Waals surface area (Å²) in [5, 5.41) is 25.7. The lowest BCUT2D eigenvalue weighted by atomic mass is 9.67. The standard InChI is InChI=1S/C5H12O.C4H11BO.C4H11NO.C4H11O2P.3C4H10.C4H8.C3H8N2O.C3H7NO.C3H6OS.C2H6O3S/c1-3-5(6)4-2;1-3-4-5(2)6;1-2-4(6)3-5;1-3-4-7(2,5)6;4*1-3-4-2;1-2-3(6)5-4;2*1-2-3(4)5;1-2-6(3,4)5/h5-6H,3-4H2,1-2H3;6H,3-4H2,1-2H3;4,6H,2-3,5H2,1H3;3-4H2,1-2H3,(H,5,6);3*3-4H2,1-2H3;3H,1,4H2,2H3;2,4H2,1H3,(H,5,6);2H2,1H3,(H2,4,5);2H2,1H3,(H,4,5);2H2,1H3,(H,3,4,5). The van der Waals surface area contributed by atoms with Crippen molar-refractivity contribution in [2.45, 2.75) is 232 Å². The van der Waals surface area contributed by atoms with Crippen LogP contribution >= 0.6 is 20.0 Å². The first kappa shape index (κ1) is 92.0. The van der Waals surface area contributed by atoms with Crippen LogP contribution in [0.1, 0.15) is 207 Å². The third-order valence-corrected chi connectivity index (χ3v) is 8.64. The molecule has 0 fully saturated rings. The number of amides is 2. The molecule has 15 nitrogen and oxygen atoms in total. The van der Waals surface area contributed by atoms with Crippen molar-refractivity contribution < 1.29 is 52.0 Å². The van der Waals surface area contributed by atoms with Gasteiger partial charge in [-0.15, -0.1) is 19.2 Å². The van der Waals surface area contributed by atoms with Gasteiger partial charge in [-0.2, -0.15) is 8.42 Å². The molecule has 0 spiro atoms. The number of nitrogens with two attached hydrogens (primary N) is 3. The second-order valence-electron chi connectivity index (χ2n) is 13.2. The Labute approximate surface area is 397 Å². The van der Waals surface area contributed by atoms with E-state index in [1.54, 1.807) is 20.8 Å². The van der Waals surface area contributed by atoms with Gasteiger partial charge in [0.1, 0.15) is 0 Å². The molecule has 0 aliphatic heterocycles. The molecule has 392 valence electrons. The number of primary amides is 1. The first-order valence-corrected chi connectivity index (χ1v) is 27.5. The van der Waals surface area contributed by atoms with Gasteiger partial charge >= 0.3 is 0 Å². The Bertz CT molecular complexity index is 915. The maximum Gasteiger partial charge on any atom is 0.285 e. The summed E-state index contributed by atoms with van der Waals surface area (Å²) in [6, 6.07) is 0. The Morgan fingerprint density at radius 2 is 1.02 bits per heavy atom. The molecular weight excluding hydrogens is 866 g/mol. The summed E-state index contributed by atoms with van der Waals surface area (Å²) < 4.78 is 37.3. The topological polar surface area (TPSA) is 294 Å². The van der Waals surface area contributed by atoms with Crippen LogP contribution in [0.5, 0.6) is 0 Å². The highest BCUT2D eigenvalue weighted by atomic mass is 32.2. The number of allylic oxidation sites excluding steroid dienone is 1. The third-order valence-electron chi connectivity index (χ3n) is 6.32. The maximum atomic E-state index is 10.4. The molecule has 0 radical (unpaired) electrons.